The molecule has 44 heavy (non-hydrogen) atoms. The first-order chi connectivity index (χ1) is 21.0. The highest BCUT2D eigenvalue weighted by molar-refractivity contribution is 6.30. The number of amides is 3. The number of allylic oxidation sites excluding steroid dienone is 3. The molecule has 2 aliphatic heterocycles. The molecule has 0 unspecified atom stereocenters. The van der Waals surface area contributed by atoms with Gasteiger partial charge in [0.15, 0.2) is 0 Å². The van der Waals surface area contributed by atoms with Crippen molar-refractivity contribution < 1.29 is 27.9 Å². The number of benzene rings is 1. The summed E-state index contributed by atoms with van der Waals surface area (Å²) in [4.78, 5) is 48.6. The van der Waals surface area contributed by atoms with Crippen molar-refractivity contribution >= 4 is 29.5 Å². The van der Waals surface area contributed by atoms with Crippen LogP contribution in [0.5, 0.6) is 0 Å². The van der Waals surface area contributed by atoms with Crippen molar-refractivity contribution in [3.8, 4) is 6.07 Å². The smallest absolute Gasteiger partial charge is 0.411 e. The van der Waals surface area contributed by atoms with E-state index >= 15 is 0 Å². The van der Waals surface area contributed by atoms with Gasteiger partial charge in [0.25, 0.3) is 5.91 Å². The number of rotatable bonds is 8. The van der Waals surface area contributed by atoms with Crippen LogP contribution in [0.15, 0.2) is 73.4 Å². The van der Waals surface area contributed by atoms with Gasteiger partial charge in [-0.1, -0.05) is 30.8 Å². The third kappa shape index (κ3) is 7.50. The fraction of sp³-hybridized carbons (Fsp3) is 0.344. The Morgan fingerprint density at radius 3 is 2.48 bits per heavy atom. The minimum Gasteiger partial charge on any atom is -0.411 e. The summed E-state index contributed by atoms with van der Waals surface area (Å²) in [6.07, 6.45) is 3.72. The summed E-state index contributed by atoms with van der Waals surface area (Å²) in [5, 5.41) is 8.90. The number of carbonyl (C=O) groups excluding carboxylic acids is 3. The molecule has 0 saturated carbocycles. The predicted molar refractivity (Wildman–Crippen MR) is 159 cm³/mol. The second kappa shape index (κ2) is 14.3. The average Bonchev–Trinajstić information content (AvgIpc) is 3.46. The van der Waals surface area contributed by atoms with E-state index in [9.17, 15) is 23.2 Å². The Balaban J connectivity index is 1.48. The summed E-state index contributed by atoms with van der Waals surface area (Å²) in [5.74, 6) is -2.56. The Labute approximate surface area is 259 Å². The number of likely N-dealkylation sites (N-methyl/N-ethyl adjacent to an activating group) is 1. The lowest BCUT2D eigenvalue weighted by molar-refractivity contribution is -0.136. The summed E-state index contributed by atoms with van der Waals surface area (Å²) in [7, 11) is 0. The quantitative estimate of drug-likeness (QED) is 0.280. The lowest BCUT2D eigenvalue weighted by Gasteiger charge is -2.33. The zero-order valence-corrected chi connectivity index (χ0v) is 25.0. The van der Waals surface area contributed by atoms with Gasteiger partial charge >= 0.3 is 6.09 Å². The molecule has 12 heteroatoms. The number of carbonyl (C=O) groups is 3. The highest BCUT2D eigenvalue weighted by atomic mass is 35.5. The molecule has 1 aromatic carbocycles. The van der Waals surface area contributed by atoms with E-state index in [1.165, 1.54) is 35.4 Å². The molecule has 2 fully saturated rings. The molecular formula is C32H32ClF2N5O4. The standard InChI is InChI=1S/C32H32ClF2N5O4/c1-4-40(32(43)44-21(3)6-5-20(2)34)29-19-39(18-26(29)23-8-10-27(33)28(35)15-23)30(41)22-11-13-38(14-12-22)31(42)24-7-9-25(16-36)37-17-24/h5-10,15,17,22,26,29H,2-4,11-14,18-19H2,1H3/b6-5-/t26-,29+/m0/s1. The van der Waals surface area contributed by atoms with Crippen molar-refractivity contribution in [1.29, 1.82) is 5.26 Å². The van der Waals surface area contributed by atoms with Crippen molar-refractivity contribution in [1.82, 2.24) is 19.7 Å². The normalized spacial score (nSPS) is 18.6. The van der Waals surface area contributed by atoms with Gasteiger partial charge < -0.3 is 19.4 Å². The molecule has 0 N–H and O–H groups in total. The molecule has 2 saturated heterocycles. The highest BCUT2D eigenvalue weighted by Gasteiger charge is 2.43. The molecule has 4 rings (SSSR count). The van der Waals surface area contributed by atoms with Gasteiger partial charge in [-0.3, -0.25) is 9.59 Å². The molecule has 0 radical (unpaired) electrons. The second-order valence-corrected chi connectivity index (χ2v) is 11.0. The number of pyridine rings is 1. The first-order valence-electron chi connectivity index (χ1n) is 14.1. The van der Waals surface area contributed by atoms with Crippen molar-refractivity contribution in [3.05, 3.63) is 101 Å². The van der Waals surface area contributed by atoms with E-state index in [1.807, 2.05) is 6.07 Å². The Bertz CT molecular complexity index is 1520. The van der Waals surface area contributed by atoms with Crippen molar-refractivity contribution in [2.75, 3.05) is 32.7 Å². The van der Waals surface area contributed by atoms with Crippen LogP contribution in [0.2, 0.25) is 5.02 Å². The van der Waals surface area contributed by atoms with Gasteiger partial charge in [-0.25, -0.2) is 18.6 Å². The van der Waals surface area contributed by atoms with Gasteiger partial charge in [-0.15, -0.1) is 0 Å². The molecule has 3 amide bonds. The molecule has 3 heterocycles. The van der Waals surface area contributed by atoms with E-state index in [1.54, 1.807) is 28.9 Å². The van der Waals surface area contributed by atoms with Crippen molar-refractivity contribution in [3.63, 3.8) is 0 Å². The Morgan fingerprint density at radius 2 is 1.89 bits per heavy atom. The van der Waals surface area contributed by atoms with Crippen LogP contribution < -0.4 is 0 Å². The molecule has 230 valence electrons. The summed E-state index contributed by atoms with van der Waals surface area (Å²) in [5.41, 5.74) is 1.16. The maximum absolute atomic E-state index is 14.5. The van der Waals surface area contributed by atoms with Crippen LogP contribution in [0.1, 0.15) is 47.3 Å². The number of hydrogen-bond donors (Lipinski definition) is 0. The van der Waals surface area contributed by atoms with E-state index in [0.29, 0.717) is 37.1 Å². The van der Waals surface area contributed by atoms with Crippen LogP contribution in [-0.4, -0.2) is 76.4 Å². The van der Waals surface area contributed by atoms with E-state index in [4.69, 9.17) is 21.6 Å². The van der Waals surface area contributed by atoms with Gasteiger partial charge in [0.05, 0.1) is 16.6 Å². The van der Waals surface area contributed by atoms with Crippen molar-refractivity contribution in [2.24, 2.45) is 5.92 Å². The molecule has 2 atom stereocenters. The summed E-state index contributed by atoms with van der Waals surface area (Å²) < 4.78 is 32.9. The van der Waals surface area contributed by atoms with Gasteiger partial charge in [0, 0.05) is 50.8 Å². The summed E-state index contributed by atoms with van der Waals surface area (Å²) in [6, 6.07) is 8.83. The van der Waals surface area contributed by atoms with Gasteiger partial charge in [-0.2, -0.15) is 5.26 Å². The van der Waals surface area contributed by atoms with E-state index in [0.717, 1.165) is 6.08 Å². The van der Waals surface area contributed by atoms with E-state index < -0.39 is 29.7 Å². The number of likely N-dealkylation sites (tertiary alicyclic amines) is 2. The molecule has 9 nitrogen and oxygen atoms in total. The maximum atomic E-state index is 14.5. The number of nitriles is 1. The topological polar surface area (TPSA) is 107 Å². The lowest BCUT2D eigenvalue weighted by atomic mass is 9.93. The number of piperidine rings is 1. The van der Waals surface area contributed by atoms with Crippen LogP contribution in [0.3, 0.4) is 0 Å². The molecule has 2 aliphatic rings. The minimum atomic E-state index is -0.741. The highest BCUT2D eigenvalue weighted by Crippen LogP contribution is 2.35. The van der Waals surface area contributed by atoms with Crippen LogP contribution in [0.4, 0.5) is 13.6 Å². The summed E-state index contributed by atoms with van der Waals surface area (Å²) in [6.45, 7) is 9.85. The Kier molecular flexibility index (Phi) is 10.5. The largest absolute Gasteiger partial charge is 0.415 e. The minimum absolute atomic E-state index is 0.0429. The molecule has 0 spiro atoms. The van der Waals surface area contributed by atoms with Gasteiger partial charge in [0.1, 0.15) is 29.2 Å². The Hall–Kier alpha value is -4.56. The van der Waals surface area contributed by atoms with Crippen LogP contribution >= 0.6 is 11.6 Å². The van der Waals surface area contributed by atoms with Crippen molar-refractivity contribution in [2.45, 2.75) is 31.7 Å². The van der Waals surface area contributed by atoms with E-state index in [2.05, 4.69) is 18.1 Å². The van der Waals surface area contributed by atoms with Gasteiger partial charge in [-0.05, 0) is 61.7 Å². The first-order valence-corrected chi connectivity index (χ1v) is 14.5. The zero-order valence-electron chi connectivity index (χ0n) is 24.2. The van der Waals surface area contributed by atoms with E-state index in [-0.39, 0.29) is 53.8 Å². The number of aromatic nitrogens is 1. The van der Waals surface area contributed by atoms with Crippen LogP contribution in [0, 0.1) is 23.1 Å². The maximum Gasteiger partial charge on any atom is 0.415 e. The van der Waals surface area contributed by atoms with Crippen LogP contribution in [0.25, 0.3) is 0 Å². The lowest BCUT2D eigenvalue weighted by Crippen LogP contribution is -2.46. The van der Waals surface area contributed by atoms with Crippen LogP contribution in [-0.2, 0) is 9.53 Å². The molecule has 0 aliphatic carbocycles. The summed E-state index contributed by atoms with van der Waals surface area (Å²) >= 11 is 5.92. The monoisotopic (exact) mass is 623 g/mol. The SMILES string of the molecule is C=C(F)/C=C\C(=C)OC(=O)N(CC)[C@@H]1CN(C(=O)C2CCN(C(=O)c3ccc(C#N)nc3)CC2)C[C@H]1c1ccc(Cl)c(F)c1. The Morgan fingerprint density at radius 1 is 1.16 bits per heavy atom. The number of nitrogens with zero attached hydrogens (tertiary/aromatic N) is 5. The zero-order chi connectivity index (χ0) is 32.0. The average molecular weight is 624 g/mol. The number of hydrogen-bond acceptors (Lipinski definition) is 6. The third-order valence-electron chi connectivity index (χ3n) is 7.87. The number of ether oxygens (including phenoxy) is 1. The molecule has 2 aromatic rings. The second-order valence-electron chi connectivity index (χ2n) is 10.6. The first kappa shape index (κ1) is 32.4. The number of halogens is 3. The third-order valence-corrected chi connectivity index (χ3v) is 8.18. The molecule has 0 bridgehead atoms. The fourth-order valence-electron chi connectivity index (χ4n) is 5.60. The predicted octanol–water partition coefficient (Wildman–Crippen LogP) is 5.60. The molecular weight excluding hydrogens is 592 g/mol. The fourth-order valence-corrected chi connectivity index (χ4v) is 5.71. The van der Waals surface area contributed by atoms with Gasteiger partial charge in [0.2, 0.25) is 5.91 Å². The molecule has 1 aromatic heterocycles.